The predicted molar refractivity (Wildman–Crippen MR) is 239 cm³/mol. The molecule has 1 aliphatic heterocycles. The summed E-state index contributed by atoms with van der Waals surface area (Å²) in [5.41, 5.74) is 0. The molecule has 1 fully saturated rings. The molecule has 0 radical (unpaired) electrons. The Hall–Kier alpha value is -3.41. The number of carbonyl (C=O) groups excluding carboxylic acids is 1. The number of allylic oxidation sites excluding steroid dienone is 19. The third-order valence-corrected chi connectivity index (χ3v) is 9.26. The second-order valence-electron chi connectivity index (χ2n) is 14.4. The summed E-state index contributed by atoms with van der Waals surface area (Å²) < 4.78 is 11.1. The number of nitrogens with one attached hydrogen (secondary N) is 1. The summed E-state index contributed by atoms with van der Waals surface area (Å²) in [7, 11) is 0. The lowest BCUT2D eigenvalue weighted by Crippen LogP contribution is -2.60. The summed E-state index contributed by atoms with van der Waals surface area (Å²) in [5, 5.41) is 53.9. The summed E-state index contributed by atoms with van der Waals surface area (Å²) >= 11 is 0. The molecule has 1 aliphatic rings. The molecule has 0 spiro atoms. The van der Waals surface area contributed by atoms with E-state index < -0.39 is 49.5 Å². The van der Waals surface area contributed by atoms with E-state index in [1.54, 1.807) is 6.08 Å². The molecule has 1 saturated heterocycles. The van der Waals surface area contributed by atoms with Gasteiger partial charge in [-0.1, -0.05) is 142 Å². The normalized spacial score (nSPS) is 22.1. The Morgan fingerprint density at radius 3 is 1.55 bits per heavy atom. The number of amides is 1. The number of hydrogen-bond acceptors (Lipinski definition) is 8. The third-order valence-electron chi connectivity index (χ3n) is 9.26. The molecule has 7 atom stereocenters. The quantitative estimate of drug-likeness (QED) is 0.0285. The third kappa shape index (κ3) is 28.1. The van der Waals surface area contributed by atoms with Crippen molar-refractivity contribution in [3.05, 3.63) is 122 Å². The zero-order valence-corrected chi connectivity index (χ0v) is 35.5. The molecule has 1 heterocycles. The van der Waals surface area contributed by atoms with Gasteiger partial charge in [0.2, 0.25) is 5.91 Å². The molecular weight excluding hydrogens is 731 g/mol. The van der Waals surface area contributed by atoms with Crippen LogP contribution in [0.4, 0.5) is 0 Å². The Morgan fingerprint density at radius 2 is 1.03 bits per heavy atom. The minimum absolute atomic E-state index is 0.229. The average molecular weight is 808 g/mol. The molecule has 7 unspecified atom stereocenters. The first kappa shape index (κ1) is 52.6. The largest absolute Gasteiger partial charge is 0.394 e. The van der Waals surface area contributed by atoms with Gasteiger partial charge in [0.15, 0.2) is 6.29 Å². The molecular formula is C49H77NO8. The van der Waals surface area contributed by atoms with Crippen LogP contribution in [0.1, 0.15) is 123 Å². The molecule has 0 aromatic carbocycles. The van der Waals surface area contributed by atoms with Crippen LogP contribution in [-0.2, 0) is 14.3 Å². The minimum Gasteiger partial charge on any atom is -0.394 e. The van der Waals surface area contributed by atoms with Crippen LogP contribution in [-0.4, -0.2) is 87.5 Å². The fourth-order valence-corrected chi connectivity index (χ4v) is 5.82. The Kier molecular flexibility index (Phi) is 34.3. The van der Waals surface area contributed by atoms with Crippen molar-refractivity contribution in [2.75, 3.05) is 13.2 Å². The fourth-order valence-electron chi connectivity index (χ4n) is 5.82. The van der Waals surface area contributed by atoms with E-state index in [0.717, 1.165) is 89.9 Å². The molecule has 0 aromatic rings. The van der Waals surface area contributed by atoms with Gasteiger partial charge in [-0.05, 0) is 96.3 Å². The van der Waals surface area contributed by atoms with E-state index in [1.165, 1.54) is 0 Å². The van der Waals surface area contributed by atoms with E-state index in [-0.39, 0.29) is 18.9 Å². The van der Waals surface area contributed by atoms with Crippen molar-refractivity contribution in [1.82, 2.24) is 5.32 Å². The average Bonchev–Trinajstić information content (AvgIpc) is 3.22. The summed E-state index contributed by atoms with van der Waals surface area (Å²) in [4.78, 5) is 12.9. The van der Waals surface area contributed by atoms with Crippen LogP contribution in [0.5, 0.6) is 0 Å². The highest BCUT2D eigenvalue weighted by Gasteiger charge is 2.44. The summed E-state index contributed by atoms with van der Waals surface area (Å²) in [6, 6.07) is -0.853. The number of carbonyl (C=O) groups is 1. The van der Waals surface area contributed by atoms with Crippen LogP contribution in [0, 0.1) is 0 Å². The molecule has 58 heavy (non-hydrogen) atoms. The molecule has 0 saturated carbocycles. The monoisotopic (exact) mass is 808 g/mol. The zero-order valence-electron chi connectivity index (χ0n) is 35.5. The van der Waals surface area contributed by atoms with Gasteiger partial charge in [-0.2, -0.15) is 0 Å². The van der Waals surface area contributed by atoms with Crippen LogP contribution < -0.4 is 5.32 Å². The van der Waals surface area contributed by atoms with Gasteiger partial charge in [-0.3, -0.25) is 4.79 Å². The summed E-state index contributed by atoms with van der Waals surface area (Å²) in [5.74, 6) is -0.233. The van der Waals surface area contributed by atoms with Crippen molar-refractivity contribution in [3.8, 4) is 0 Å². The van der Waals surface area contributed by atoms with Crippen LogP contribution in [0.15, 0.2) is 122 Å². The smallest absolute Gasteiger partial charge is 0.220 e. The first-order chi connectivity index (χ1) is 28.3. The highest BCUT2D eigenvalue weighted by molar-refractivity contribution is 5.76. The van der Waals surface area contributed by atoms with Crippen molar-refractivity contribution in [2.45, 2.75) is 166 Å². The molecule has 0 bridgehead atoms. The van der Waals surface area contributed by atoms with Crippen molar-refractivity contribution >= 4 is 5.91 Å². The van der Waals surface area contributed by atoms with E-state index in [9.17, 15) is 30.3 Å². The van der Waals surface area contributed by atoms with Gasteiger partial charge in [-0.15, -0.1) is 0 Å². The minimum atomic E-state index is -1.59. The number of ether oxygens (including phenoxy) is 2. The molecule has 1 amide bonds. The Bertz CT molecular complexity index is 1310. The predicted octanol–water partition coefficient (Wildman–Crippen LogP) is 8.88. The fraction of sp³-hybridized carbons (Fsp3) is 0.571. The second-order valence-corrected chi connectivity index (χ2v) is 14.4. The first-order valence-corrected chi connectivity index (χ1v) is 21.8. The maximum atomic E-state index is 12.9. The Balaban J connectivity index is 2.37. The van der Waals surface area contributed by atoms with E-state index >= 15 is 0 Å². The van der Waals surface area contributed by atoms with E-state index in [0.29, 0.717) is 12.8 Å². The number of hydrogen-bond donors (Lipinski definition) is 6. The van der Waals surface area contributed by atoms with Crippen molar-refractivity contribution in [3.63, 3.8) is 0 Å². The standard InChI is InChI=1S/C49H77NO8/c1-3-5-7-9-11-13-15-16-17-18-19-20-21-22-23-24-25-26-27-28-29-31-33-35-37-39-45(53)50-42(41-57-49-48(56)47(55)46(54)44(40-51)58-49)43(52)38-36-34-32-30-14-12-10-8-6-4-2/h5-8,11,13-14,16-17,19-20,22-23,25-26,28-30,36,38,42-44,46-49,51-52,54-56H,3-4,9-10,12,15,18,21,24,27,31-35,37,39-41H2,1-2H3,(H,50,53)/b7-5-,8-6+,13-11-,17-16-,20-19-,23-22-,26-25-,29-28-,30-14+,38-36+. The number of aliphatic hydroxyl groups excluding tert-OH is 5. The van der Waals surface area contributed by atoms with Crippen molar-refractivity contribution < 1.29 is 39.8 Å². The molecule has 1 rings (SSSR count). The SMILES string of the molecule is CC/C=C\C/C=C\C/C=C\C/C=C\C/C=C\C/C=C\C/C=C\CCCCCC(=O)NC(COC1OC(CO)C(O)C(O)C1O)C(O)/C=C/CC/C=C/CC/C=C/CC. The van der Waals surface area contributed by atoms with Crippen LogP contribution in [0.3, 0.4) is 0 Å². The van der Waals surface area contributed by atoms with Crippen molar-refractivity contribution in [2.24, 2.45) is 0 Å². The zero-order chi connectivity index (χ0) is 42.3. The van der Waals surface area contributed by atoms with E-state index in [1.807, 2.05) is 6.08 Å². The molecule has 6 N–H and O–H groups in total. The molecule has 0 aromatic heterocycles. The number of aliphatic hydroxyl groups is 5. The maximum Gasteiger partial charge on any atom is 0.220 e. The molecule has 9 heteroatoms. The number of rotatable bonds is 33. The Labute approximate surface area is 350 Å². The molecule has 0 aliphatic carbocycles. The first-order valence-electron chi connectivity index (χ1n) is 21.8. The Morgan fingerprint density at radius 1 is 0.586 bits per heavy atom. The summed E-state index contributed by atoms with van der Waals surface area (Å²) in [6.07, 6.45) is 49.7. The van der Waals surface area contributed by atoms with E-state index in [4.69, 9.17) is 9.47 Å². The maximum absolute atomic E-state index is 12.9. The van der Waals surface area contributed by atoms with Gasteiger partial charge in [-0.25, -0.2) is 0 Å². The van der Waals surface area contributed by atoms with Gasteiger partial charge >= 0.3 is 0 Å². The summed E-state index contributed by atoms with van der Waals surface area (Å²) in [6.45, 7) is 3.45. The lowest BCUT2D eigenvalue weighted by atomic mass is 9.99. The molecule has 9 nitrogen and oxygen atoms in total. The van der Waals surface area contributed by atoms with Gasteiger partial charge in [0.05, 0.1) is 25.4 Å². The van der Waals surface area contributed by atoms with Gasteiger partial charge < -0.3 is 40.3 Å². The lowest BCUT2D eigenvalue weighted by Gasteiger charge is -2.40. The van der Waals surface area contributed by atoms with Crippen molar-refractivity contribution in [1.29, 1.82) is 0 Å². The van der Waals surface area contributed by atoms with Crippen LogP contribution in [0.2, 0.25) is 0 Å². The second kappa shape index (κ2) is 37.8. The highest BCUT2D eigenvalue weighted by Crippen LogP contribution is 2.22. The topological polar surface area (TPSA) is 149 Å². The van der Waals surface area contributed by atoms with Gasteiger partial charge in [0, 0.05) is 6.42 Å². The van der Waals surface area contributed by atoms with Crippen LogP contribution in [0.25, 0.3) is 0 Å². The van der Waals surface area contributed by atoms with Gasteiger partial charge in [0.25, 0.3) is 0 Å². The lowest BCUT2D eigenvalue weighted by molar-refractivity contribution is -0.302. The highest BCUT2D eigenvalue weighted by atomic mass is 16.7. The molecule has 326 valence electrons. The van der Waals surface area contributed by atoms with E-state index in [2.05, 4.69) is 129 Å². The number of unbranched alkanes of at least 4 members (excludes halogenated alkanes) is 5. The van der Waals surface area contributed by atoms with Gasteiger partial charge in [0.1, 0.15) is 24.4 Å². The van der Waals surface area contributed by atoms with Crippen LogP contribution >= 0.6 is 0 Å².